The minimum Gasteiger partial charge on any atom is -0.478 e. The third-order valence-corrected chi connectivity index (χ3v) is 3.66. The third-order valence-electron chi connectivity index (χ3n) is 3.66. The smallest absolute Gasteiger partial charge is 0.335 e. The number of carbonyl (C=O) groups is 2. The zero-order valence-electron chi connectivity index (χ0n) is 12.0. The fourth-order valence-electron chi connectivity index (χ4n) is 2.43. The van der Waals surface area contributed by atoms with E-state index in [1.807, 2.05) is 0 Å². The van der Waals surface area contributed by atoms with Gasteiger partial charge in [0.2, 0.25) is 0 Å². The van der Waals surface area contributed by atoms with Crippen LogP contribution < -0.4 is 5.32 Å². The van der Waals surface area contributed by atoms with Crippen molar-refractivity contribution < 1.29 is 19.4 Å². The maximum absolute atomic E-state index is 11.9. The molecule has 1 saturated heterocycles. The number of carboxylic acid groups (broad SMARTS) is 1. The molecular weight excluding hydrogens is 270 g/mol. The van der Waals surface area contributed by atoms with E-state index in [2.05, 4.69) is 5.32 Å². The Morgan fingerprint density at radius 1 is 1.19 bits per heavy atom. The summed E-state index contributed by atoms with van der Waals surface area (Å²) in [6.45, 7) is 1.46. The van der Waals surface area contributed by atoms with Gasteiger partial charge < -0.3 is 15.2 Å². The van der Waals surface area contributed by atoms with Crippen molar-refractivity contribution in [1.29, 1.82) is 0 Å². The molecule has 5 heteroatoms. The molecule has 1 unspecified atom stereocenters. The van der Waals surface area contributed by atoms with Gasteiger partial charge in [-0.05, 0) is 56.4 Å². The molecule has 0 aromatic heterocycles. The number of aromatic carboxylic acids is 1. The van der Waals surface area contributed by atoms with E-state index in [0.717, 1.165) is 32.3 Å². The maximum Gasteiger partial charge on any atom is 0.335 e. The molecule has 0 saturated carbocycles. The maximum atomic E-state index is 11.9. The molecule has 1 heterocycles. The second-order valence-electron chi connectivity index (χ2n) is 5.27. The zero-order valence-corrected chi connectivity index (χ0v) is 12.0. The van der Waals surface area contributed by atoms with Crippen molar-refractivity contribution in [2.75, 3.05) is 13.2 Å². The average molecular weight is 291 g/mol. The monoisotopic (exact) mass is 291 g/mol. The number of carboxylic acids is 1. The van der Waals surface area contributed by atoms with Crippen molar-refractivity contribution >= 4 is 11.9 Å². The molecule has 1 fully saturated rings. The highest BCUT2D eigenvalue weighted by molar-refractivity contribution is 5.95. The van der Waals surface area contributed by atoms with Crippen molar-refractivity contribution in [2.45, 2.75) is 38.2 Å². The molecule has 0 spiro atoms. The normalized spacial score (nSPS) is 18.2. The number of hydrogen-bond acceptors (Lipinski definition) is 3. The van der Waals surface area contributed by atoms with Gasteiger partial charge in [0, 0.05) is 18.7 Å². The van der Waals surface area contributed by atoms with Gasteiger partial charge in [0.15, 0.2) is 0 Å². The second-order valence-corrected chi connectivity index (χ2v) is 5.27. The molecule has 1 aliphatic rings. The molecule has 2 rings (SSSR count). The van der Waals surface area contributed by atoms with E-state index in [1.165, 1.54) is 30.7 Å². The second kappa shape index (κ2) is 7.78. The van der Waals surface area contributed by atoms with Gasteiger partial charge in [0.25, 0.3) is 5.91 Å². The van der Waals surface area contributed by atoms with Crippen LogP contribution >= 0.6 is 0 Å². The molecule has 1 aromatic rings. The van der Waals surface area contributed by atoms with E-state index in [4.69, 9.17) is 9.84 Å². The Kier molecular flexibility index (Phi) is 5.75. The van der Waals surface area contributed by atoms with Gasteiger partial charge in [-0.25, -0.2) is 4.79 Å². The summed E-state index contributed by atoms with van der Waals surface area (Å²) in [5.41, 5.74) is 0.662. The standard InChI is InChI=1S/C16H21NO4/c18-15(12-6-8-13(9-7-12)16(19)20)17-10-3-5-14-4-1-2-11-21-14/h6-9,14H,1-5,10-11H2,(H,17,18)(H,19,20). The topological polar surface area (TPSA) is 75.6 Å². The van der Waals surface area contributed by atoms with Crippen LogP contribution in [0.3, 0.4) is 0 Å². The Morgan fingerprint density at radius 2 is 1.90 bits per heavy atom. The van der Waals surface area contributed by atoms with Crippen LogP contribution in [0.5, 0.6) is 0 Å². The Balaban J connectivity index is 1.70. The van der Waals surface area contributed by atoms with E-state index in [1.54, 1.807) is 0 Å². The lowest BCUT2D eigenvalue weighted by atomic mass is 10.0. The summed E-state index contributed by atoms with van der Waals surface area (Å²) >= 11 is 0. The first-order chi connectivity index (χ1) is 10.2. The Labute approximate surface area is 124 Å². The SMILES string of the molecule is O=C(O)c1ccc(C(=O)NCCCC2CCCCO2)cc1. The zero-order chi connectivity index (χ0) is 15.1. The number of rotatable bonds is 6. The fourth-order valence-corrected chi connectivity index (χ4v) is 2.43. The van der Waals surface area contributed by atoms with Crippen LogP contribution in [0, 0.1) is 0 Å². The minimum atomic E-state index is -0.991. The summed E-state index contributed by atoms with van der Waals surface area (Å²) in [6, 6.07) is 5.94. The van der Waals surface area contributed by atoms with E-state index in [9.17, 15) is 9.59 Å². The predicted molar refractivity (Wildman–Crippen MR) is 78.6 cm³/mol. The van der Waals surface area contributed by atoms with Gasteiger partial charge in [-0.3, -0.25) is 4.79 Å². The number of carbonyl (C=O) groups excluding carboxylic acids is 1. The summed E-state index contributed by atoms with van der Waals surface area (Å²) in [5, 5.41) is 11.6. The van der Waals surface area contributed by atoms with Crippen LogP contribution in [0.4, 0.5) is 0 Å². The largest absolute Gasteiger partial charge is 0.478 e. The Morgan fingerprint density at radius 3 is 2.52 bits per heavy atom. The van der Waals surface area contributed by atoms with E-state index in [0.29, 0.717) is 18.2 Å². The quantitative estimate of drug-likeness (QED) is 0.789. The van der Waals surface area contributed by atoms with Crippen LogP contribution in [0.1, 0.15) is 52.8 Å². The van der Waals surface area contributed by atoms with Crippen LogP contribution in [-0.2, 0) is 4.74 Å². The molecule has 1 amide bonds. The third kappa shape index (κ3) is 4.86. The lowest BCUT2D eigenvalue weighted by Gasteiger charge is -2.22. The first-order valence-corrected chi connectivity index (χ1v) is 7.40. The molecule has 0 radical (unpaired) electrons. The van der Waals surface area contributed by atoms with Gasteiger partial charge in [0.1, 0.15) is 0 Å². The van der Waals surface area contributed by atoms with E-state index in [-0.39, 0.29) is 11.5 Å². The molecule has 5 nitrogen and oxygen atoms in total. The molecule has 1 aromatic carbocycles. The molecule has 1 aliphatic heterocycles. The summed E-state index contributed by atoms with van der Waals surface area (Å²) in [7, 11) is 0. The first-order valence-electron chi connectivity index (χ1n) is 7.40. The van der Waals surface area contributed by atoms with Gasteiger partial charge in [0.05, 0.1) is 11.7 Å². The van der Waals surface area contributed by atoms with Crippen molar-refractivity contribution in [3.8, 4) is 0 Å². The van der Waals surface area contributed by atoms with E-state index >= 15 is 0 Å². The average Bonchev–Trinajstić information content (AvgIpc) is 2.52. The van der Waals surface area contributed by atoms with E-state index < -0.39 is 5.97 Å². The van der Waals surface area contributed by atoms with Crippen LogP contribution in [-0.4, -0.2) is 36.2 Å². The van der Waals surface area contributed by atoms with Crippen LogP contribution in [0.15, 0.2) is 24.3 Å². The van der Waals surface area contributed by atoms with Crippen molar-refractivity contribution in [3.05, 3.63) is 35.4 Å². The summed E-state index contributed by atoms with van der Waals surface area (Å²) in [4.78, 5) is 22.6. The number of hydrogen-bond donors (Lipinski definition) is 2. The highest BCUT2D eigenvalue weighted by atomic mass is 16.5. The number of amides is 1. The summed E-state index contributed by atoms with van der Waals surface area (Å²) < 4.78 is 5.64. The fraction of sp³-hybridized carbons (Fsp3) is 0.500. The lowest BCUT2D eigenvalue weighted by Crippen LogP contribution is -2.26. The first kappa shape index (κ1) is 15.5. The van der Waals surface area contributed by atoms with Gasteiger partial charge in [-0.1, -0.05) is 0 Å². The Bertz CT molecular complexity index is 478. The van der Waals surface area contributed by atoms with Gasteiger partial charge >= 0.3 is 5.97 Å². The van der Waals surface area contributed by atoms with Crippen LogP contribution in [0.25, 0.3) is 0 Å². The number of nitrogens with one attached hydrogen (secondary N) is 1. The highest BCUT2D eigenvalue weighted by Gasteiger charge is 2.13. The Hall–Kier alpha value is -1.88. The van der Waals surface area contributed by atoms with Crippen molar-refractivity contribution in [3.63, 3.8) is 0 Å². The molecule has 1 atom stereocenters. The summed E-state index contributed by atoms with van der Waals surface area (Å²) in [6.07, 6.45) is 5.70. The summed E-state index contributed by atoms with van der Waals surface area (Å²) in [5.74, 6) is -1.16. The number of ether oxygens (including phenoxy) is 1. The molecule has 2 N–H and O–H groups in total. The molecule has 21 heavy (non-hydrogen) atoms. The highest BCUT2D eigenvalue weighted by Crippen LogP contribution is 2.16. The molecule has 114 valence electrons. The van der Waals surface area contributed by atoms with Gasteiger partial charge in [-0.15, -0.1) is 0 Å². The molecular formula is C16H21NO4. The van der Waals surface area contributed by atoms with Gasteiger partial charge in [-0.2, -0.15) is 0 Å². The van der Waals surface area contributed by atoms with Crippen LogP contribution in [0.2, 0.25) is 0 Å². The van der Waals surface area contributed by atoms with Crippen molar-refractivity contribution in [2.24, 2.45) is 0 Å². The van der Waals surface area contributed by atoms with Crippen molar-refractivity contribution in [1.82, 2.24) is 5.32 Å². The molecule has 0 aliphatic carbocycles. The number of benzene rings is 1. The minimum absolute atomic E-state index is 0.170. The molecule has 0 bridgehead atoms. The lowest BCUT2D eigenvalue weighted by molar-refractivity contribution is 0.0102. The predicted octanol–water partition coefficient (Wildman–Crippen LogP) is 2.46.